The minimum Gasteiger partial charge on any atom is -0.352 e. The third-order valence-electron chi connectivity index (χ3n) is 5.02. The summed E-state index contributed by atoms with van der Waals surface area (Å²) < 4.78 is 0. The van der Waals surface area contributed by atoms with Crippen molar-refractivity contribution in [2.24, 2.45) is 0 Å². The van der Waals surface area contributed by atoms with E-state index in [1.165, 1.54) is 0 Å². The van der Waals surface area contributed by atoms with Crippen molar-refractivity contribution in [1.82, 2.24) is 10.2 Å². The molecule has 1 N–H and O–H groups in total. The minimum atomic E-state index is -0.481. The Balaban J connectivity index is 2.27. The second kappa shape index (κ2) is 10.6. The molecular formula is C24H32N2O2. The van der Waals surface area contributed by atoms with E-state index in [-0.39, 0.29) is 17.9 Å². The van der Waals surface area contributed by atoms with E-state index in [1.807, 2.05) is 76.2 Å². The summed E-state index contributed by atoms with van der Waals surface area (Å²) in [6.45, 7) is 8.45. The van der Waals surface area contributed by atoms with Crippen LogP contribution in [0.3, 0.4) is 0 Å². The molecule has 28 heavy (non-hydrogen) atoms. The van der Waals surface area contributed by atoms with Gasteiger partial charge in [-0.05, 0) is 37.8 Å². The van der Waals surface area contributed by atoms with Crippen LogP contribution in [0.1, 0.15) is 50.3 Å². The Kier molecular flexibility index (Phi) is 8.24. The molecular weight excluding hydrogens is 348 g/mol. The SMILES string of the molecule is CCC(C)NC(=O)C(CC)N(Cc1cccc(C)c1)C(=O)Cc1ccccc1. The lowest BCUT2D eigenvalue weighted by molar-refractivity contribution is -0.141. The highest BCUT2D eigenvalue weighted by atomic mass is 16.2. The number of carbonyl (C=O) groups excluding carboxylic acids is 2. The monoisotopic (exact) mass is 380 g/mol. The molecule has 0 saturated heterocycles. The second-order valence-electron chi connectivity index (χ2n) is 7.41. The summed E-state index contributed by atoms with van der Waals surface area (Å²) >= 11 is 0. The number of benzene rings is 2. The first kappa shape index (κ1) is 21.7. The molecule has 2 atom stereocenters. The lowest BCUT2D eigenvalue weighted by atomic mass is 10.1. The Morgan fingerprint density at radius 3 is 2.25 bits per heavy atom. The summed E-state index contributed by atoms with van der Waals surface area (Å²) in [6, 6.07) is 17.4. The molecule has 150 valence electrons. The fraction of sp³-hybridized carbons (Fsp3) is 0.417. The van der Waals surface area contributed by atoms with Crippen LogP contribution in [0.25, 0.3) is 0 Å². The quantitative estimate of drug-likeness (QED) is 0.707. The molecule has 0 radical (unpaired) electrons. The number of carbonyl (C=O) groups is 2. The average molecular weight is 381 g/mol. The molecule has 0 spiro atoms. The molecule has 0 bridgehead atoms. The number of aryl methyl sites for hydroxylation is 1. The van der Waals surface area contributed by atoms with Crippen molar-refractivity contribution in [1.29, 1.82) is 0 Å². The number of hydrogen-bond donors (Lipinski definition) is 1. The van der Waals surface area contributed by atoms with Crippen LogP contribution in [0.2, 0.25) is 0 Å². The van der Waals surface area contributed by atoms with Gasteiger partial charge in [-0.2, -0.15) is 0 Å². The number of nitrogens with zero attached hydrogens (tertiary/aromatic N) is 1. The van der Waals surface area contributed by atoms with E-state index >= 15 is 0 Å². The molecule has 0 saturated carbocycles. The molecule has 2 amide bonds. The van der Waals surface area contributed by atoms with Crippen LogP contribution < -0.4 is 5.32 Å². The van der Waals surface area contributed by atoms with E-state index in [9.17, 15) is 9.59 Å². The standard InChI is InChI=1S/C24H32N2O2/c1-5-19(4)25-24(28)22(6-2)26(17-21-14-10-11-18(3)15-21)23(27)16-20-12-8-7-9-13-20/h7-15,19,22H,5-6,16-17H2,1-4H3,(H,25,28). The summed E-state index contributed by atoms with van der Waals surface area (Å²) in [4.78, 5) is 27.8. The van der Waals surface area contributed by atoms with Gasteiger partial charge in [-0.1, -0.05) is 74.0 Å². The van der Waals surface area contributed by atoms with Crippen molar-refractivity contribution in [2.45, 2.75) is 65.6 Å². The van der Waals surface area contributed by atoms with Gasteiger partial charge >= 0.3 is 0 Å². The fourth-order valence-electron chi connectivity index (χ4n) is 3.24. The van der Waals surface area contributed by atoms with Gasteiger partial charge in [-0.15, -0.1) is 0 Å². The summed E-state index contributed by atoms with van der Waals surface area (Å²) in [5, 5.41) is 3.04. The highest BCUT2D eigenvalue weighted by molar-refractivity contribution is 5.88. The molecule has 2 unspecified atom stereocenters. The summed E-state index contributed by atoms with van der Waals surface area (Å²) in [5.74, 6) is -0.107. The maximum atomic E-state index is 13.2. The van der Waals surface area contributed by atoms with Crippen molar-refractivity contribution >= 4 is 11.8 Å². The van der Waals surface area contributed by atoms with Crippen LogP contribution in [-0.2, 0) is 22.6 Å². The molecule has 0 aliphatic rings. The molecule has 0 heterocycles. The molecule has 0 fully saturated rings. The highest BCUT2D eigenvalue weighted by Gasteiger charge is 2.29. The van der Waals surface area contributed by atoms with Crippen LogP contribution in [0.15, 0.2) is 54.6 Å². The van der Waals surface area contributed by atoms with Gasteiger partial charge < -0.3 is 10.2 Å². The van der Waals surface area contributed by atoms with Crippen molar-refractivity contribution in [3.8, 4) is 0 Å². The van der Waals surface area contributed by atoms with E-state index in [4.69, 9.17) is 0 Å². The highest BCUT2D eigenvalue weighted by Crippen LogP contribution is 2.16. The molecule has 4 heteroatoms. The zero-order chi connectivity index (χ0) is 20.5. The third-order valence-corrected chi connectivity index (χ3v) is 5.02. The normalized spacial score (nSPS) is 12.9. The molecule has 4 nitrogen and oxygen atoms in total. The van der Waals surface area contributed by atoms with E-state index in [1.54, 1.807) is 4.90 Å². The van der Waals surface area contributed by atoms with Gasteiger partial charge in [0.2, 0.25) is 11.8 Å². The van der Waals surface area contributed by atoms with E-state index < -0.39 is 6.04 Å². The minimum absolute atomic E-state index is 0.0288. The maximum Gasteiger partial charge on any atom is 0.243 e. The van der Waals surface area contributed by atoms with Gasteiger partial charge in [-0.3, -0.25) is 9.59 Å². The second-order valence-corrected chi connectivity index (χ2v) is 7.41. The summed E-state index contributed by atoms with van der Waals surface area (Å²) in [5.41, 5.74) is 3.14. The number of hydrogen-bond acceptors (Lipinski definition) is 2. The number of rotatable bonds is 9. The fourth-order valence-corrected chi connectivity index (χ4v) is 3.24. The van der Waals surface area contributed by atoms with Crippen molar-refractivity contribution in [3.63, 3.8) is 0 Å². The Hall–Kier alpha value is -2.62. The molecule has 2 aromatic rings. The maximum absolute atomic E-state index is 13.2. The lowest BCUT2D eigenvalue weighted by Crippen LogP contribution is -2.51. The zero-order valence-corrected chi connectivity index (χ0v) is 17.4. The van der Waals surface area contributed by atoms with Gasteiger partial charge in [0.05, 0.1) is 6.42 Å². The van der Waals surface area contributed by atoms with Gasteiger partial charge in [0.1, 0.15) is 6.04 Å². The van der Waals surface area contributed by atoms with Crippen LogP contribution in [-0.4, -0.2) is 28.8 Å². The lowest BCUT2D eigenvalue weighted by Gasteiger charge is -2.31. The van der Waals surface area contributed by atoms with E-state index in [0.29, 0.717) is 19.4 Å². The van der Waals surface area contributed by atoms with Gasteiger partial charge in [0.15, 0.2) is 0 Å². The predicted octanol–water partition coefficient (Wildman–Crippen LogP) is 4.26. The number of nitrogens with one attached hydrogen (secondary N) is 1. The van der Waals surface area contributed by atoms with Crippen molar-refractivity contribution in [3.05, 3.63) is 71.3 Å². The Morgan fingerprint density at radius 1 is 0.964 bits per heavy atom. The Labute approximate surface area is 169 Å². The van der Waals surface area contributed by atoms with E-state index in [0.717, 1.165) is 23.1 Å². The predicted molar refractivity (Wildman–Crippen MR) is 114 cm³/mol. The van der Waals surface area contributed by atoms with Gasteiger partial charge in [-0.25, -0.2) is 0 Å². The molecule has 2 aromatic carbocycles. The van der Waals surface area contributed by atoms with Crippen LogP contribution >= 0.6 is 0 Å². The third kappa shape index (κ3) is 6.22. The van der Waals surface area contributed by atoms with Crippen molar-refractivity contribution in [2.75, 3.05) is 0 Å². The summed E-state index contributed by atoms with van der Waals surface area (Å²) in [7, 11) is 0. The topological polar surface area (TPSA) is 49.4 Å². The average Bonchev–Trinajstić information content (AvgIpc) is 2.68. The summed E-state index contributed by atoms with van der Waals surface area (Å²) in [6.07, 6.45) is 1.73. The van der Waals surface area contributed by atoms with E-state index in [2.05, 4.69) is 11.4 Å². The van der Waals surface area contributed by atoms with Crippen LogP contribution in [0.5, 0.6) is 0 Å². The molecule has 0 aliphatic heterocycles. The Bertz CT molecular complexity index is 773. The van der Waals surface area contributed by atoms with Crippen LogP contribution in [0.4, 0.5) is 0 Å². The van der Waals surface area contributed by atoms with Crippen LogP contribution in [0, 0.1) is 6.92 Å². The van der Waals surface area contributed by atoms with Gasteiger partial charge in [0, 0.05) is 12.6 Å². The Morgan fingerprint density at radius 2 is 1.64 bits per heavy atom. The first-order valence-electron chi connectivity index (χ1n) is 10.1. The largest absolute Gasteiger partial charge is 0.352 e. The van der Waals surface area contributed by atoms with Crippen molar-refractivity contribution < 1.29 is 9.59 Å². The van der Waals surface area contributed by atoms with Gasteiger partial charge in [0.25, 0.3) is 0 Å². The first-order valence-corrected chi connectivity index (χ1v) is 10.1. The molecule has 2 rings (SSSR count). The zero-order valence-electron chi connectivity index (χ0n) is 17.4. The first-order chi connectivity index (χ1) is 13.4. The molecule has 0 aliphatic carbocycles. The number of amides is 2. The molecule has 0 aromatic heterocycles. The smallest absolute Gasteiger partial charge is 0.243 e.